The number of fused-ring (bicyclic) bond motifs is 3. The van der Waals surface area contributed by atoms with Crippen LogP contribution in [-0.4, -0.2) is 35.8 Å². The molecule has 1 N–H and O–H groups in total. The first-order valence-electron chi connectivity index (χ1n) is 10.4. The number of benzene rings is 2. The molecule has 3 saturated heterocycles. The Hall–Kier alpha value is -1.64. The third-order valence-electron chi connectivity index (χ3n) is 7.05. The second kappa shape index (κ2) is 7.17. The molecule has 26 heavy (non-hydrogen) atoms. The van der Waals surface area contributed by atoms with E-state index in [-0.39, 0.29) is 0 Å². The molecule has 0 amide bonds. The van der Waals surface area contributed by atoms with E-state index < -0.39 is 5.60 Å². The van der Waals surface area contributed by atoms with Crippen molar-refractivity contribution in [1.82, 2.24) is 0 Å². The normalized spacial score (nSPS) is 28.2. The second-order valence-corrected chi connectivity index (χ2v) is 8.49. The van der Waals surface area contributed by atoms with E-state index >= 15 is 0 Å². The molecule has 2 heteroatoms. The van der Waals surface area contributed by atoms with E-state index in [1.54, 1.807) is 0 Å². The van der Waals surface area contributed by atoms with E-state index in [4.69, 9.17) is 0 Å². The molecule has 0 spiro atoms. The molecule has 0 unspecified atom stereocenters. The zero-order valence-electron chi connectivity index (χ0n) is 16.0. The minimum atomic E-state index is -0.885. The summed E-state index contributed by atoms with van der Waals surface area (Å²) in [5, 5.41) is 12.2. The third-order valence-corrected chi connectivity index (χ3v) is 7.05. The molecule has 3 aliphatic rings. The molecule has 3 aliphatic heterocycles. The molecule has 3 heterocycles. The van der Waals surface area contributed by atoms with Crippen LogP contribution in [0.4, 0.5) is 0 Å². The van der Waals surface area contributed by atoms with Gasteiger partial charge in [-0.2, -0.15) is 0 Å². The van der Waals surface area contributed by atoms with Crippen molar-refractivity contribution >= 4 is 0 Å². The molecule has 2 aromatic rings. The van der Waals surface area contributed by atoms with Crippen LogP contribution in [0.5, 0.6) is 0 Å². The van der Waals surface area contributed by atoms with Gasteiger partial charge in [0.05, 0.1) is 26.2 Å². The Kier molecular flexibility index (Phi) is 4.90. The Morgan fingerprint density at radius 1 is 0.923 bits per heavy atom. The van der Waals surface area contributed by atoms with Crippen molar-refractivity contribution < 1.29 is 9.59 Å². The van der Waals surface area contributed by atoms with Gasteiger partial charge in [0.2, 0.25) is 0 Å². The summed E-state index contributed by atoms with van der Waals surface area (Å²) in [7, 11) is 0. The maximum Gasteiger partial charge on any atom is 0.123 e. The Labute approximate surface area is 158 Å². The predicted molar refractivity (Wildman–Crippen MR) is 107 cm³/mol. The highest BCUT2D eigenvalue weighted by atomic mass is 16.3. The van der Waals surface area contributed by atoms with Crippen molar-refractivity contribution in [2.75, 3.05) is 26.2 Å². The van der Waals surface area contributed by atoms with Gasteiger partial charge in [-0.3, -0.25) is 0 Å². The van der Waals surface area contributed by atoms with Crippen molar-refractivity contribution in [3.8, 4) is 0 Å². The Bertz CT molecular complexity index is 664. The number of aliphatic hydroxyl groups is 1. The van der Waals surface area contributed by atoms with Crippen LogP contribution in [-0.2, 0) is 5.60 Å². The average molecular weight is 351 g/mol. The number of piperidine rings is 3. The SMILES string of the molecule is CCCC[N+]12CCC(CC1)[C@@H](C(O)(c1ccccc1)c1ccccc1)C2. The second-order valence-electron chi connectivity index (χ2n) is 8.49. The fraction of sp³-hybridized carbons (Fsp3) is 0.500. The van der Waals surface area contributed by atoms with Crippen LogP contribution in [0.1, 0.15) is 43.7 Å². The molecule has 0 aromatic heterocycles. The van der Waals surface area contributed by atoms with E-state index in [0.717, 1.165) is 17.7 Å². The molecule has 138 valence electrons. The van der Waals surface area contributed by atoms with E-state index in [1.807, 2.05) is 12.1 Å². The van der Waals surface area contributed by atoms with E-state index in [9.17, 15) is 5.11 Å². The van der Waals surface area contributed by atoms with Crippen LogP contribution in [0.15, 0.2) is 60.7 Å². The van der Waals surface area contributed by atoms with Crippen LogP contribution in [0, 0.1) is 11.8 Å². The van der Waals surface area contributed by atoms with Gasteiger partial charge >= 0.3 is 0 Å². The van der Waals surface area contributed by atoms with Crippen molar-refractivity contribution in [1.29, 1.82) is 0 Å². The number of rotatable bonds is 6. The standard InChI is InChI=1S/C24H32NO/c1-2-3-16-25-17-14-20(15-18-25)23(19-25)24(26,21-10-6-4-7-11-21)22-12-8-5-9-13-22/h4-13,20,23,26H,2-3,14-19H2,1H3/q+1/t20?,23-,25?/m0/s1. The largest absolute Gasteiger partial charge is 0.380 e. The number of nitrogens with zero attached hydrogens (tertiary/aromatic N) is 1. The molecule has 5 rings (SSSR count). The summed E-state index contributed by atoms with van der Waals surface area (Å²) in [6.45, 7) is 7.29. The molecule has 0 saturated carbocycles. The number of hydrogen-bond donors (Lipinski definition) is 1. The Balaban J connectivity index is 1.75. The predicted octanol–water partition coefficient (Wildman–Crippen LogP) is 4.58. The first kappa shape index (κ1) is 17.8. The monoisotopic (exact) mass is 350 g/mol. The molecule has 0 aliphatic carbocycles. The lowest BCUT2D eigenvalue weighted by molar-refractivity contribution is -0.948. The Morgan fingerprint density at radius 2 is 1.46 bits per heavy atom. The van der Waals surface area contributed by atoms with Gasteiger partial charge in [-0.25, -0.2) is 0 Å². The molecule has 0 radical (unpaired) electrons. The molecule has 2 aromatic carbocycles. The summed E-state index contributed by atoms with van der Waals surface area (Å²) in [4.78, 5) is 0. The van der Waals surface area contributed by atoms with Gasteiger partial charge in [0.25, 0.3) is 0 Å². The molecular weight excluding hydrogens is 318 g/mol. The van der Waals surface area contributed by atoms with Crippen LogP contribution in [0.25, 0.3) is 0 Å². The van der Waals surface area contributed by atoms with Gasteiger partial charge in [0.15, 0.2) is 0 Å². The lowest BCUT2D eigenvalue weighted by Gasteiger charge is -2.56. The first-order valence-corrected chi connectivity index (χ1v) is 10.4. The number of hydrogen-bond acceptors (Lipinski definition) is 1. The van der Waals surface area contributed by atoms with Gasteiger partial charge in [-0.1, -0.05) is 74.0 Å². The summed E-state index contributed by atoms with van der Waals surface area (Å²) in [5.74, 6) is 0.925. The topological polar surface area (TPSA) is 20.2 Å². The maximum atomic E-state index is 12.2. The van der Waals surface area contributed by atoms with Crippen molar-refractivity contribution in [2.45, 2.75) is 38.2 Å². The van der Waals surface area contributed by atoms with Crippen LogP contribution >= 0.6 is 0 Å². The zero-order chi connectivity index (χ0) is 18.0. The minimum Gasteiger partial charge on any atom is -0.380 e. The summed E-state index contributed by atoms with van der Waals surface area (Å²) >= 11 is 0. The smallest absolute Gasteiger partial charge is 0.123 e. The summed E-state index contributed by atoms with van der Waals surface area (Å²) < 4.78 is 1.22. The lowest BCUT2D eigenvalue weighted by Crippen LogP contribution is -2.65. The van der Waals surface area contributed by atoms with Crippen molar-refractivity contribution in [3.05, 3.63) is 71.8 Å². The highest BCUT2D eigenvalue weighted by molar-refractivity contribution is 5.37. The lowest BCUT2D eigenvalue weighted by atomic mass is 9.64. The molecule has 3 fully saturated rings. The van der Waals surface area contributed by atoms with Gasteiger partial charge in [0.1, 0.15) is 5.60 Å². The van der Waals surface area contributed by atoms with Gasteiger partial charge in [-0.15, -0.1) is 0 Å². The van der Waals surface area contributed by atoms with E-state index in [1.165, 1.54) is 49.8 Å². The summed E-state index contributed by atoms with van der Waals surface area (Å²) in [6, 6.07) is 20.8. The fourth-order valence-corrected chi connectivity index (χ4v) is 5.55. The summed E-state index contributed by atoms with van der Waals surface area (Å²) in [6.07, 6.45) is 5.08. The van der Waals surface area contributed by atoms with E-state index in [0.29, 0.717) is 11.8 Å². The first-order chi connectivity index (χ1) is 12.7. The highest BCUT2D eigenvalue weighted by Gasteiger charge is 2.54. The Morgan fingerprint density at radius 3 is 1.96 bits per heavy atom. The molecule has 2 nitrogen and oxygen atoms in total. The molecule has 1 atom stereocenters. The fourth-order valence-electron chi connectivity index (χ4n) is 5.55. The van der Waals surface area contributed by atoms with Crippen molar-refractivity contribution in [3.63, 3.8) is 0 Å². The van der Waals surface area contributed by atoms with Crippen LogP contribution in [0.2, 0.25) is 0 Å². The summed E-state index contributed by atoms with van der Waals surface area (Å²) in [5.41, 5.74) is 1.22. The number of unbranched alkanes of at least 4 members (excludes halogenated alkanes) is 1. The number of quaternary nitrogens is 1. The van der Waals surface area contributed by atoms with Crippen molar-refractivity contribution in [2.24, 2.45) is 11.8 Å². The average Bonchev–Trinajstić information content (AvgIpc) is 2.74. The van der Waals surface area contributed by atoms with Crippen LogP contribution < -0.4 is 0 Å². The highest BCUT2D eigenvalue weighted by Crippen LogP contribution is 2.49. The van der Waals surface area contributed by atoms with Gasteiger partial charge < -0.3 is 9.59 Å². The van der Waals surface area contributed by atoms with Gasteiger partial charge in [0, 0.05) is 18.8 Å². The molecular formula is C24H32NO+. The van der Waals surface area contributed by atoms with E-state index in [2.05, 4.69) is 55.5 Å². The quantitative estimate of drug-likeness (QED) is 0.756. The molecule has 2 bridgehead atoms. The maximum absolute atomic E-state index is 12.2. The third kappa shape index (κ3) is 3.00. The minimum absolute atomic E-state index is 0.298. The van der Waals surface area contributed by atoms with Crippen LogP contribution in [0.3, 0.4) is 0 Å². The zero-order valence-corrected chi connectivity index (χ0v) is 16.0. The van der Waals surface area contributed by atoms with Gasteiger partial charge in [-0.05, 0) is 23.5 Å².